The average Bonchev–Trinajstić information content (AvgIpc) is 2.28. The van der Waals surface area contributed by atoms with Gasteiger partial charge < -0.3 is 14.6 Å². The van der Waals surface area contributed by atoms with Crippen LogP contribution in [0.2, 0.25) is 5.02 Å². The number of halogens is 1. The zero-order valence-corrected chi connectivity index (χ0v) is 10.5. The fourth-order valence-corrected chi connectivity index (χ4v) is 1.25. The molecule has 1 N–H and O–H groups in total. The molecular formula is C12H17ClO3. The normalized spacial score (nSPS) is 11.3. The molecule has 90 valence electrons. The first-order valence-electron chi connectivity index (χ1n) is 5.06. The van der Waals surface area contributed by atoms with Crippen molar-refractivity contribution in [2.75, 3.05) is 20.3 Å². The third-order valence-corrected chi connectivity index (χ3v) is 2.49. The van der Waals surface area contributed by atoms with Gasteiger partial charge >= 0.3 is 0 Å². The van der Waals surface area contributed by atoms with Crippen LogP contribution in [-0.4, -0.2) is 25.4 Å². The molecule has 0 aliphatic carbocycles. The highest BCUT2D eigenvalue weighted by atomic mass is 35.5. The SMILES string of the molecule is COc1cc(OCC(C)(C)CO)ccc1Cl. The van der Waals surface area contributed by atoms with Crippen LogP contribution in [0.25, 0.3) is 0 Å². The Kier molecular flexibility index (Phi) is 4.44. The molecule has 0 bridgehead atoms. The first-order chi connectivity index (χ1) is 7.48. The van der Waals surface area contributed by atoms with E-state index in [2.05, 4.69) is 0 Å². The highest BCUT2D eigenvalue weighted by Crippen LogP contribution is 2.29. The van der Waals surface area contributed by atoms with E-state index in [1.165, 1.54) is 0 Å². The van der Waals surface area contributed by atoms with Gasteiger partial charge in [0, 0.05) is 11.5 Å². The number of methoxy groups -OCH3 is 1. The maximum Gasteiger partial charge on any atom is 0.141 e. The van der Waals surface area contributed by atoms with Crippen LogP contribution in [-0.2, 0) is 0 Å². The first kappa shape index (κ1) is 13.1. The maximum atomic E-state index is 9.09. The molecule has 3 nitrogen and oxygen atoms in total. The number of ether oxygens (including phenoxy) is 2. The van der Waals surface area contributed by atoms with Gasteiger partial charge in [-0.05, 0) is 12.1 Å². The van der Waals surface area contributed by atoms with Crippen LogP contribution < -0.4 is 9.47 Å². The van der Waals surface area contributed by atoms with Crippen molar-refractivity contribution in [3.05, 3.63) is 23.2 Å². The molecule has 0 amide bonds. The minimum absolute atomic E-state index is 0.0811. The molecule has 0 aromatic heterocycles. The molecule has 4 heteroatoms. The Labute approximate surface area is 101 Å². The second-order valence-corrected chi connectivity index (χ2v) is 4.81. The van der Waals surface area contributed by atoms with Gasteiger partial charge in [-0.25, -0.2) is 0 Å². The summed E-state index contributed by atoms with van der Waals surface area (Å²) in [5, 5.41) is 9.64. The predicted molar refractivity (Wildman–Crippen MR) is 64.4 cm³/mol. The standard InChI is InChI=1S/C12H17ClO3/c1-12(2,7-14)8-16-9-4-5-10(13)11(6-9)15-3/h4-6,14H,7-8H2,1-3H3. The predicted octanol–water partition coefficient (Wildman–Crippen LogP) is 2.75. The van der Waals surface area contributed by atoms with E-state index in [1.807, 2.05) is 13.8 Å². The fourth-order valence-electron chi connectivity index (χ4n) is 1.05. The zero-order chi connectivity index (χ0) is 12.2. The van der Waals surface area contributed by atoms with Crippen LogP contribution in [0.5, 0.6) is 11.5 Å². The summed E-state index contributed by atoms with van der Waals surface area (Å²) in [5.74, 6) is 1.27. The van der Waals surface area contributed by atoms with Crippen molar-refractivity contribution in [3.8, 4) is 11.5 Å². The van der Waals surface area contributed by atoms with Gasteiger partial charge in [0.05, 0.1) is 25.3 Å². The summed E-state index contributed by atoms with van der Waals surface area (Å²) < 4.78 is 10.6. The summed E-state index contributed by atoms with van der Waals surface area (Å²) in [5.41, 5.74) is -0.257. The molecule has 0 heterocycles. The summed E-state index contributed by atoms with van der Waals surface area (Å²) >= 11 is 5.89. The van der Waals surface area contributed by atoms with Gasteiger partial charge in [0.1, 0.15) is 11.5 Å². The Balaban J connectivity index is 2.68. The summed E-state index contributed by atoms with van der Waals surface area (Å²) in [6.45, 7) is 4.38. The number of hydrogen-bond donors (Lipinski definition) is 1. The second-order valence-electron chi connectivity index (χ2n) is 4.41. The van der Waals surface area contributed by atoms with E-state index in [-0.39, 0.29) is 12.0 Å². The van der Waals surface area contributed by atoms with Crippen molar-refractivity contribution in [2.24, 2.45) is 5.41 Å². The molecule has 0 radical (unpaired) electrons. The molecule has 0 saturated heterocycles. The van der Waals surface area contributed by atoms with E-state index in [0.29, 0.717) is 23.1 Å². The largest absolute Gasteiger partial charge is 0.495 e. The molecule has 1 rings (SSSR count). The molecule has 16 heavy (non-hydrogen) atoms. The molecule has 0 spiro atoms. The van der Waals surface area contributed by atoms with E-state index in [9.17, 15) is 0 Å². The van der Waals surface area contributed by atoms with Gasteiger partial charge in [-0.1, -0.05) is 25.4 Å². The van der Waals surface area contributed by atoms with Crippen LogP contribution in [0, 0.1) is 5.41 Å². The lowest BCUT2D eigenvalue weighted by Gasteiger charge is -2.21. The summed E-state index contributed by atoms with van der Waals surface area (Å²) in [6.07, 6.45) is 0. The average molecular weight is 245 g/mol. The van der Waals surface area contributed by atoms with Crippen LogP contribution in [0.1, 0.15) is 13.8 Å². The highest BCUT2D eigenvalue weighted by molar-refractivity contribution is 6.32. The van der Waals surface area contributed by atoms with Crippen LogP contribution in [0.15, 0.2) is 18.2 Å². The number of hydrogen-bond acceptors (Lipinski definition) is 3. The Morgan fingerprint density at radius 2 is 2.06 bits per heavy atom. The number of rotatable bonds is 5. The molecule has 0 saturated carbocycles. The Morgan fingerprint density at radius 1 is 1.38 bits per heavy atom. The molecule has 0 aliphatic rings. The molecule has 0 aliphatic heterocycles. The van der Waals surface area contributed by atoms with E-state index in [0.717, 1.165) is 0 Å². The van der Waals surface area contributed by atoms with Crippen molar-refractivity contribution in [3.63, 3.8) is 0 Å². The fraction of sp³-hybridized carbons (Fsp3) is 0.500. The lowest BCUT2D eigenvalue weighted by molar-refractivity contribution is 0.0974. The van der Waals surface area contributed by atoms with Gasteiger partial charge in [-0.3, -0.25) is 0 Å². The maximum absolute atomic E-state index is 9.09. The molecule has 1 aromatic carbocycles. The lowest BCUT2D eigenvalue weighted by Crippen LogP contribution is -2.25. The minimum atomic E-state index is -0.257. The van der Waals surface area contributed by atoms with Gasteiger partial charge in [0.2, 0.25) is 0 Å². The summed E-state index contributed by atoms with van der Waals surface area (Å²) in [7, 11) is 1.56. The van der Waals surface area contributed by atoms with Crippen molar-refractivity contribution in [1.29, 1.82) is 0 Å². The molecule has 1 aromatic rings. The Bertz CT molecular complexity index is 350. The molecule has 0 atom stereocenters. The van der Waals surface area contributed by atoms with Crippen LogP contribution in [0.3, 0.4) is 0 Å². The summed E-state index contributed by atoms with van der Waals surface area (Å²) in [6, 6.07) is 5.23. The molecule has 0 unspecified atom stereocenters. The van der Waals surface area contributed by atoms with Gasteiger partial charge in [-0.2, -0.15) is 0 Å². The van der Waals surface area contributed by atoms with E-state index < -0.39 is 0 Å². The van der Waals surface area contributed by atoms with Crippen LogP contribution >= 0.6 is 11.6 Å². The van der Waals surface area contributed by atoms with Crippen LogP contribution in [0.4, 0.5) is 0 Å². The Hall–Kier alpha value is -0.930. The monoisotopic (exact) mass is 244 g/mol. The third kappa shape index (κ3) is 3.58. The van der Waals surface area contributed by atoms with Gasteiger partial charge in [0.15, 0.2) is 0 Å². The number of aliphatic hydroxyl groups excluding tert-OH is 1. The molecular weight excluding hydrogens is 228 g/mol. The quantitative estimate of drug-likeness (QED) is 0.866. The number of benzene rings is 1. The van der Waals surface area contributed by atoms with Gasteiger partial charge in [0.25, 0.3) is 0 Å². The van der Waals surface area contributed by atoms with Crippen molar-refractivity contribution in [1.82, 2.24) is 0 Å². The van der Waals surface area contributed by atoms with E-state index in [4.69, 9.17) is 26.2 Å². The smallest absolute Gasteiger partial charge is 0.141 e. The topological polar surface area (TPSA) is 38.7 Å². The second kappa shape index (κ2) is 5.41. The van der Waals surface area contributed by atoms with Gasteiger partial charge in [-0.15, -0.1) is 0 Å². The van der Waals surface area contributed by atoms with E-state index >= 15 is 0 Å². The van der Waals surface area contributed by atoms with Crippen molar-refractivity contribution < 1.29 is 14.6 Å². The van der Waals surface area contributed by atoms with E-state index in [1.54, 1.807) is 25.3 Å². The highest BCUT2D eigenvalue weighted by Gasteiger charge is 2.17. The first-order valence-corrected chi connectivity index (χ1v) is 5.43. The third-order valence-electron chi connectivity index (χ3n) is 2.18. The minimum Gasteiger partial charge on any atom is -0.495 e. The zero-order valence-electron chi connectivity index (χ0n) is 9.79. The molecule has 0 fully saturated rings. The van der Waals surface area contributed by atoms with Crippen molar-refractivity contribution >= 4 is 11.6 Å². The Morgan fingerprint density at radius 3 is 2.62 bits per heavy atom. The number of aliphatic hydroxyl groups is 1. The van der Waals surface area contributed by atoms with Crippen molar-refractivity contribution in [2.45, 2.75) is 13.8 Å². The summed E-state index contributed by atoms with van der Waals surface area (Å²) in [4.78, 5) is 0. The lowest BCUT2D eigenvalue weighted by atomic mass is 9.97.